The Morgan fingerprint density at radius 2 is 2.43 bits per heavy atom. The van der Waals surface area contributed by atoms with Crippen LogP contribution in [0.3, 0.4) is 0 Å². The Kier molecular flexibility index (Phi) is 10.2. The largest absolute Gasteiger partial charge is 1.00 e. The van der Waals surface area contributed by atoms with Gasteiger partial charge in [-0.2, -0.15) is 0 Å². The van der Waals surface area contributed by atoms with E-state index in [1.807, 2.05) is 0 Å². The fourth-order valence-corrected chi connectivity index (χ4v) is 0.0619. The van der Waals surface area contributed by atoms with Gasteiger partial charge in [0.05, 0.1) is 0 Å². The Morgan fingerprint density at radius 1 is 2.00 bits per heavy atom. The van der Waals surface area contributed by atoms with E-state index in [0.717, 1.165) is 0 Å². The maximum Gasteiger partial charge on any atom is 1.00 e. The van der Waals surface area contributed by atoms with Crippen molar-refractivity contribution in [3.8, 4) is 0 Å². The summed E-state index contributed by atoms with van der Waals surface area (Å²) in [5.41, 5.74) is 0. The molecular formula is C2H3ClFNaO2. The Labute approximate surface area is 68.9 Å². The van der Waals surface area contributed by atoms with E-state index in [1.54, 1.807) is 0 Å². The summed E-state index contributed by atoms with van der Waals surface area (Å²) in [4.78, 5) is 9.45. The number of carbonyl (C=O) groups is 1. The van der Waals surface area contributed by atoms with Gasteiger partial charge in [-0.25, -0.2) is 9.18 Å². The molecule has 0 atom stereocenters. The maximum absolute atomic E-state index is 10.8. The van der Waals surface area contributed by atoms with E-state index in [0.29, 0.717) is 0 Å². The predicted molar refractivity (Wildman–Crippen MR) is 19.0 cm³/mol. The molecule has 0 saturated heterocycles. The van der Waals surface area contributed by atoms with E-state index in [2.05, 4.69) is 16.2 Å². The van der Waals surface area contributed by atoms with Crippen molar-refractivity contribution in [2.75, 3.05) is 6.67 Å². The second kappa shape index (κ2) is 6.69. The van der Waals surface area contributed by atoms with Crippen molar-refractivity contribution < 1.29 is 44.5 Å². The number of alkyl halides is 1. The topological polar surface area (TPSA) is 26.3 Å². The monoisotopic (exact) mass is 136 g/mol. The van der Waals surface area contributed by atoms with Crippen molar-refractivity contribution >= 4 is 17.8 Å². The first-order valence-electron chi connectivity index (χ1n) is 1.18. The van der Waals surface area contributed by atoms with Crippen LogP contribution in [0.1, 0.15) is 1.43 Å². The molecule has 0 heterocycles. The van der Waals surface area contributed by atoms with E-state index in [-0.39, 0.29) is 31.0 Å². The smallest absolute Gasteiger partial charge is 1.00 e. The first-order valence-corrected chi connectivity index (χ1v) is 1.49. The van der Waals surface area contributed by atoms with Crippen LogP contribution in [0.2, 0.25) is 0 Å². The maximum atomic E-state index is 10.8. The Hall–Kier alpha value is 0.690. The van der Waals surface area contributed by atoms with Crippen molar-refractivity contribution in [3.63, 3.8) is 0 Å². The summed E-state index contributed by atoms with van der Waals surface area (Å²) < 4.78 is 14.2. The van der Waals surface area contributed by atoms with E-state index < -0.39 is 12.6 Å². The van der Waals surface area contributed by atoms with Crippen molar-refractivity contribution in [2.45, 2.75) is 0 Å². The zero-order valence-electron chi connectivity index (χ0n) is 4.78. The molecule has 0 aliphatic carbocycles. The van der Waals surface area contributed by atoms with E-state index >= 15 is 0 Å². The molecule has 0 radical (unpaired) electrons. The van der Waals surface area contributed by atoms with Crippen LogP contribution in [0, 0.1) is 0 Å². The van der Waals surface area contributed by atoms with Crippen LogP contribution in [0.5, 0.6) is 0 Å². The summed E-state index contributed by atoms with van der Waals surface area (Å²) in [5.74, 6) is -1.06. The summed E-state index contributed by atoms with van der Waals surface area (Å²) in [6.07, 6.45) is 0. The van der Waals surface area contributed by atoms with E-state index in [4.69, 9.17) is 0 Å². The molecule has 0 aromatic rings. The van der Waals surface area contributed by atoms with Crippen molar-refractivity contribution in [2.24, 2.45) is 0 Å². The van der Waals surface area contributed by atoms with Crippen LogP contribution in [0.15, 0.2) is 0 Å². The van der Waals surface area contributed by atoms with Crippen LogP contribution in [0.4, 0.5) is 4.39 Å². The second-order valence-electron chi connectivity index (χ2n) is 0.583. The molecule has 0 saturated carbocycles. The third-order valence-corrected chi connectivity index (χ3v) is 0.367. The number of carbonyl (C=O) groups excluding carboxylic acids is 1. The molecule has 38 valence electrons. The van der Waals surface area contributed by atoms with Crippen LogP contribution in [-0.4, -0.2) is 12.6 Å². The summed E-state index contributed by atoms with van der Waals surface area (Å²) in [5, 5.41) is 0. The molecule has 0 aliphatic rings. The standard InChI is InChI=1S/C2H2ClFO2.Na.H/c3-6-2(5)1-4;;/h1H2;;/q;+1;-1. The molecule has 0 fully saturated rings. The third kappa shape index (κ3) is 6.69. The molecule has 0 unspecified atom stereocenters. The predicted octanol–water partition coefficient (Wildman–Crippen LogP) is -2.23. The van der Waals surface area contributed by atoms with Gasteiger partial charge >= 0.3 is 35.5 Å². The van der Waals surface area contributed by atoms with Gasteiger partial charge in [-0.15, -0.1) is 0 Å². The van der Waals surface area contributed by atoms with Crippen molar-refractivity contribution in [3.05, 3.63) is 0 Å². The van der Waals surface area contributed by atoms with Gasteiger partial charge in [0.15, 0.2) is 6.67 Å². The van der Waals surface area contributed by atoms with Crippen molar-refractivity contribution in [1.29, 1.82) is 0 Å². The minimum absolute atomic E-state index is 0. The van der Waals surface area contributed by atoms with Crippen molar-refractivity contribution in [1.82, 2.24) is 0 Å². The SMILES string of the molecule is O=C(CF)OCl.[H-].[Na+]. The molecule has 0 aromatic heterocycles. The van der Waals surface area contributed by atoms with Gasteiger partial charge < -0.3 is 5.72 Å². The summed E-state index contributed by atoms with van der Waals surface area (Å²) in [6.45, 7) is -1.16. The number of hydrogen-bond acceptors (Lipinski definition) is 2. The van der Waals surface area contributed by atoms with E-state index in [9.17, 15) is 9.18 Å². The molecule has 0 aromatic carbocycles. The molecule has 0 aliphatic heterocycles. The number of rotatable bonds is 1. The number of hydrogen-bond donors (Lipinski definition) is 0. The molecule has 2 nitrogen and oxygen atoms in total. The second-order valence-corrected chi connectivity index (χ2v) is 0.737. The first-order chi connectivity index (χ1) is 2.81. The van der Waals surface area contributed by atoms with Crippen LogP contribution in [0.25, 0.3) is 0 Å². The molecular weight excluding hydrogens is 133 g/mol. The summed E-state index contributed by atoms with van der Waals surface area (Å²) in [7, 11) is 0. The molecule has 0 spiro atoms. The zero-order chi connectivity index (χ0) is 4.99. The molecule has 0 N–H and O–H groups in total. The van der Waals surface area contributed by atoms with Crippen LogP contribution in [-0.2, 0) is 9.08 Å². The molecule has 0 bridgehead atoms. The fourth-order valence-electron chi connectivity index (χ4n) is 0.0206. The fraction of sp³-hybridized carbons (Fsp3) is 0.500. The van der Waals surface area contributed by atoms with Gasteiger partial charge in [0, 0.05) is 0 Å². The van der Waals surface area contributed by atoms with E-state index in [1.165, 1.54) is 0 Å². The minimum Gasteiger partial charge on any atom is -1.00 e. The quantitative estimate of drug-likeness (QED) is 0.382. The average Bonchev–Trinajstić information content (AvgIpc) is 1.65. The Balaban J connectivity index is -0.000000125. The van der Waals surface area contributed by atoms with Gasteiger partial charge in [0.2, 0.25) is 0 Å². The summed E-state index contributed by atoms with van der Waals surface area (Å²) in [6, 6.07) is 0. The van der Waals surface area contributed by atoms with Crippen LogP contribution < -0.4 is 29.6 Å². The molecule has 0 rings (SSSR count). The Bertz CT molecular complexity index is 58.0. The minimum atomic E-state index is -1.16. The van der Waals surface area contributed by atoms with Gasteiger partial charge in [0.25, 0.3) is 0 Å². The van der Waals surface area contributed by atoms with Gasteiger partial charge in [0.1, 0.15) is 11.9 Å². The zero-order valence-corrected chi connectivity index (χ0v) is 6.54. The molecule has 0 amide bonds. The van der Waals surface area contributed by atoms with Gasteiger partial charge in [-0.05, 0) is 0 Å². The Morgan fingerprint density at radius 3 is 2.43 bits per heavy atom. The number of halogens is 2. The third-order valence-electron chi connectivity index (χ3n) is 0.195. The first kappa shape index (κ1) is 10.6. The average molecular weight is 136 g/mol. The summed E-state index contributed by atoms with van der Waals surface area (Å²) >= 11 is 4.36. The normalized spacial score (nSPS) is 6.57. The van der Waals surface area contributed by atoms with Gasteiger partial charge in [-0.3, -0.25) is 0 Å². The molecule has 7 heavy (non-hydrogen) atoms. The molecule has 5 heteroatoms. The van der Waals surface area contributed by atoms with Crippen LogP contribution >= 0.6 is 11.9 Å². The van der Waals surface area contributed by atoms with Gasteiger partial charge in [-0.1, -0.05) is 0 Å².